The molecule has 2 saturated heterocycles. The number of morpholine rings is 1. The van der Waals surface area contributed by atoms with Gasteiger partial charge in [-0.2, -0.15) is 10.3 Å². The number of rotatable bonds is 7. The third-order valence-electron chi connectivity index (χ3n) is 8.61. The highest BCUT2D eigenvalue weighted by Crippen LogP contribution is 2.30. The molecule has 4 rings (SSSR count). The van der Waals surface area contributed by atoms with Gasteiger partial charge in [0.1, 0.15) is 11.6 Å². The Hall–Kier alpha value is -2.38. The van der Waals surface area contributed by atoms with Gasteiger partial charge in [-0.1, -0.05) is 51.4 Å². The first-order chi connectivity index (χ1) is 18.0. The van der Waals surface area contributed by atoms with Crippen molar-refractivity contribution >= 4 is 17.9 Å². The molecule has 4 fully saturated rings. The summed E-state index contributed by atoms with van der Waals surface area (Å²) in [6.07, 6.45) is 13.5. The van der Waals surface area contributed by atoms with Crippen LogP contribution in [0.2, 0.25) is 0 Å². The molecule has 4 aliphatic rings. The molecule has 0 aromatic carbocycles. The number of urea groups is 1. The fourth-order valence-electron chi connectivity index (χ4n) is 6.54. The van der Waals surface area contributed by atoms with Crippen LogP contribution in [0.15, 0.2) is 4.99 Å². The largest absolute Gasteiger partial charge is 0.378 e. The van der Waals surface area contributed by atoms with Crippen LogP contribution in [0.1, 0.15) is 77.0 Å². The number of guanidine groups is 1. The maximum Gasteiger partial charge on any atom is 0.341 e. The molecule has 206 valence electrons. The second kappa shape index (κ2) is 13.4. The average Bonchev–Trinajstić information content (AvgIpc) is 3.31. The normalized spacial score (nSPS) is 27.4. The number of nitriles is 1. The Balaban J connectivity index is 1.45. The highest BCUT2D eigenvalue weighted by atomic mass is 16.5. The van der Waals surface area contributed by atoms with Gasteiger partial charge in [0, 0.05) is 32.7 Å². The number of ether oxygens (including phenoxy) is 1. The van der Waals surface area contributed by atoms with Crippen molar-refractivity contribution in [3.8, 4) is 6.07 Å². The summed E-state index contributed by atoms with van der Waals surface area (Å²) in [5.74, 6) is 1.24. The van der Waals surface area contributed by atoms with E-state index in [1.165, 1.54) is 51.4 Å². The van der Waals surface area contributed by atoms with E-state index in [9.17, 15) is 14.9 Å². The highest BCUT2D eigenvalue weighted by molar-refractivity contribution is 5.95. The van der Waals surface area contributed by atoms with E-state index in [0.717, 1.165) is 25.9 Å². The second-order valence-corrected chi connectivity index (χ2v) is 11.5. The van der Waals surface area contributed by atoms with Crippen molar-refractivity contribution in [3.05, 3.63) is 0 Å². The quantitative estimate of drug-likeness (QED) is 0.350. The maximum atomic E-state index is 13.8. The molecule has 2 aliphatic heterocycles. The van der Waals surface area contributed by atoms with Gasteiger partial charge in [-0.15, -0.1) is 0 Å². The minimum atomic E-state index is -0.891. The minimum Gasteiger partial charge on any atom is -0.378 e. The lowest BCUT2D eigenvalue weighted by Gasteiger charge is -2.34. The van der Waals surface area contributed by atoms with Gasteiger partial charge in [0.25, 0.3) is 0 Å². The van der Waals surface area contributed by atoms with Crippen LogP contribution < -0.4 is 16.4 Å². The zero-order chi connectivity index (χ0) is 26.1. The third-order valence-corrected chi connectivity index (χ3v) is 8.61. The van der Waals surface area contributed by atoms with Gasteiger partial charge in [0.05, 0.1) is 19.3 Å². The molecule has 0 spiro atoms. The van der Waals surface area contributed by atoms with Crippen molar-refractivity contribution < 1.29 is 14.3 Å². The van der Waals surface area contributed by atoms with Gasteiger partial charge >= 0.3 is 6.03 Å². The van der Waals surface area contributed by atoms with E-state index in [-0.39, 0.29) is 5.91 Å². The van der Waals surface area contributed by atoms with Gasteiger partial charge in [-0.25, -0.2) is 4.79 Å². The van der Waals surface area contributed by atoms with Crippen molar-refractivity contribution in [1.82, 2.24) is 20.4 Å². The second-order valence-electron chi connectivity index (χ2n) is 11.5. The molecule has 2 saturated carbocycles. The van der Waals surface area contributed by atoms with Gasteiger partial charge in [-0.3, -0.25) is 9.69 Å². The number of hydrogen-bond donors (Lipinski definition) is 3. The van der Waals surface area contributed by atoms with E-state index in [1.54, 1.807) is 0 Å². The number of hydrogen-bond acceptors (Lipinski definition) is 5. The van der Waals surface area contributed by atoms with Crippen molar-refractivity contribution in [2.45, 2.75) is 88.6 Å². The van der Waals surface area contributed by atoms with Crippen LogP contribution in [0.25, 0.3) is 0 Å². The zero-order valence-electron chi connectivity index (χ0n) is 22.3. The molecule has 0 radical (unpaired) electrons. The molecule has 0 aromatic rings. The summed E-state index contributed by atoms with van der Waals surface area (Å²) in [5, 5.41) is 16.6. The highest BCUT2D eigenvalue weighted by Gasteiger charge is 2.42. The fourth-order valence-corrected chi connectivity index (χ4v) is 6.54. The van der Waals surface area contributed by atoms with E-state index in [0.29, 0.717) is 63.5 Å². The minimum absolute atomic E-state index is 0.197. The van der Waals surface area contributed by atoms with Crippen molar-refractivity contribution in [2.24, 2.45) is 22.6 Å². The average molecular weight is 516 g/mol. The number of likely N-dealkylation sites (tertiary alicyclic amines) is 1. The molecule has 2 unspecified atom stereocenters. The number of nitrogens with zero attached hydrogens (tertiary/aromatic N) is 4. The number of nitrogens with one attached hydrogen (secondary N) is 2. The summed E-state index contributed by atoms with van der Waals surface area (Å²) in [4.78, 5) is 33.8. The third kappa shape index (κ3) is 8.05. The smallest absolute Gasteiger partial charge is 0.341 e. The van der Waals surface area contributed by atoms with Gasteiger partial charge in [0.2, 0.25) is 11.9 Å². The lowest BCUT2D eigenvalue weighted by molar-refractivity contribution is -0.124. The van der Waals surface area contributed by atoms with Crippen LogP contribution in [0, 0.1) is 23.2 Å². The summed E-state index contributed by atoms with van der Waals surface area (Å²) < 4.78 is 5.45. The predicted molar refractivity (Wildman–Crippen MR) is 142 cm³/mol. The summed E-state index contributed by atoms with van der Waals surface area (Å²) in [5.41, 5.74) is 4.54. The van der Waals surface area contributed by atoms with Gasteiger partial charge in [-0.05, 0) is 37.5 Å². The van der Waals surface area contributed by atoms with Crippen LogP contribution in [0.5, 0.6) is 0 Å². The number of primary amides is 1. The van der Waals surface area contributed by atoms with Crippen molar-refractivity contribution in [1.29, 1.82) is 5.26 Å². The summed E-state index contributed by atoms with van der Waals surface area (Å²) in [6.45, 7) is 4.57. The first-order valence-electron chi connectivity index (χ1n) is 14.4. The molecule has 10 heteroatoms. The summed E-state index contributed by atoms with van der Waals surface area (Å²) in [6, 6.07) is 1.06. The van der Waals surface area contributed by atoms with Crippen LogP contribution in [0.3, 0.4) is 0 Å². The molecule has 2 heterocycles. The number of nitrogens with two attached hydrogens (primary N) is 1. The van der Waals surface area contributed by atoms with E-state index in [4.69, 9.17) is 10.5 Å². The molecule has 37 heavy (non-hydrogen) atoms. The lowest BCUT2D eigenvalue weighted by Crippen LogP contribution is -2.59. The Morgan fingerprint density at radius 2 is 1.68 bits per heavy atom. The first-order valence-corrected chi connectivity index (χ1v) is 14.4. The molecular weight excluding hydrogens is 470 g/mol. The molecule has 10 nitrogen and oxygen atoms in total. The molecule has 3 amide bonds. The molecule has 2 atom stereocenters. The van der Waals surface area contributed by atoms with Crippen molar-refractivity contribution in [3.63, 3.8) is 0 Å². The predicted octanol–water partition coefficient (Wildman–Crippen LogP) is 2.35. The Bertz CT molecular complexity index is 841. The van der Waals surface area contributed by atoms with Crippen LogP contribution in [-0.2, 0) is 9.53 Å². The van der Waals surface area contributed by atoms with E-state index in [1.807, 2.05) is 4.90 Å². The van der Waals surface area contributed by atoms with Gasteiger partial charge in [0.15, 0.2) is 0 Å². The molecule has 0 aromatic heterocycles. The SMILES string of the molecule is N#CC1(NC(=O)C(CC2CCCCC2)N/C(=N/C(N)=O)N2CCOCC2)CCN(CC2CCCCC2)C1. The van der Waals surface area contributed by atoms with Crippen LogP contribution in [-0.4, -0.2) is 85.2 Å². The van der Waals surface area contributed by atoms with E-state index >= 15 is 0 Å². The van der Waals surface area contributed by atoms with Crippen molar-refractivity contribution in [2.75, 3.05) is 45.9 Å². The summed E-state index contributed by atoms with van der Waals surface area (Å²) in [7, 11) is 0. The van der Waals surface area contributed by atoms with Gasteiger partial charge < -0.3 is 26.0 Å². The molecule has 2 aliphatic carbocycles. The number of carbonyl (C=O) groups excluding carboxylic acids is 2. The molecule has 4 N–H and O–H groups in total. The van der Waals surface area contributed by atoms with Crippen LogP contribution >= 0.6 is 0 Å². The Morgan fingerprint density at radius 3 is 2.30 bits per heavy atom. The van der Waals surface area contributed by atoms with E-state index in [2.05, 4.69) is 26.6 Å². The Morgan fingerprint density at radius 1 is 1.03 bits per heavy atom. The topological polar surface area (TPSA) is 136 Å². The summed E-state index contributed by atoms with van der Waals surface area (Å²) >= 11 is 0. The van der Waals surface area contributed by atoms with E-state index < -0.39 is 17.6 Å². The maximum absolute atomic E-state index is 13.8. The number of amides is 3. The van der Waals surface area contributed by atoms with Crippen LogP contribution in [0.4, 0.5) is 4.79 Å². The fraction of sp³-hybridized carbons (Fsp3) is 0.852. The molecular formula is C27H45N7O3. The first kappa shape index (κ1) is 27.6. The zero-order valence-corrected chi connectivity index (χ0v) is 22.3. The monoisotopic (exact) mass is 515 g/mol. The lowest BCUT2D eigenvalue weighted by atomic mass is 9.84. The standard InChI is InChI=1S/C27H45N7O3/c28-19-27(11-12-33(20-27)18-22-9-5-2-6-10-22)32-24(35)23(17-21-7-3-1-4-8-21)30-26(31-25(29)36)34-13-15-37-16-14-34/h21-23H,1-18,20H2,(H,32,35)(H3,29,30,31,36). The Labute approximate surface area is 221 Å². The number of aliphatic imine (C=N–C) groups is 1. The number of carbonyl (C=O) groups is 2. The Kier molecular flexibility index (Phi) is 10.0. The molecule has 0 bridgehead atoms.